The predicted molar refractivity (Wildman–Crippen MR) is 113 cm³/mol. The lowest BCUT2D eigenvalue weighted by Gasteiger charge is -2.08. The number of carbonyl (C=O) groups excluding carboxylic acids is 1. The highest BCUT2D eigenvalue weighted by molar-refractivity contribution is 7.14. The lowest BCUT2D eigenvalue weighted by atomic mass is 10.2. The van der Waals surface area contributed by atoms with Gasteiger partial charge >= 0.3 is 5.69 Å². The summed E-state index contributed by atoms with van der Waals surface area (Å²) in [5.74, 6) is -0.489. The van der Waals surface area contributed by atoms with E-state index in [1.807, 2.05) is 17.5 Å². The van der Waals surface area contributed by atoms with Crippen molar-refractivity contribution < 1.29 is 4.79 Å². The molecule has 3 heterocycles. The minimum absolute atomic E-state index is 0.0731. The summed E-state index contributed by atoms with van der Waals surface area (Å²) in [6.45, 7) is 0. The van der Waals surface area contributed by atoms with Crippen LogP contribution in [0.1, 0.15) is 10.5 Å². The van der Waals surface area contributed by atoms with Gasteiger partial charge in [0.25, 0.3) is 11.5 Å². The predicted octanol–water partition coefficient (Wildman–Crippen LogP) is 2.66. The summed E-state index contributed by atoms with van der Waals surface area (Å²) in [7, 11) is 2.89. The van der Waals surface area contributed by atoms with Gasteiger partial charge in [-0.05, 0) is 24.3 Å². The number of fused-ring (bicyclic) bond motifs is 1. The molecule has 0 bridgehead atoms. The Labute approximate surface area is 173 Å². The van der Waals surface area contributed by atoms with Crippen LogP contribution in [0.3, 0.4) is 0 Å². The second-order valence-corrected chi connectivity index (χ2v) is 7.57. The van der Waals surface area contributed by atoms with Crippen LogP contribution in [0.25, 0.3) is 22.3 Å². The molecule has 0 fully saturated rings. The Morgan fingerprint density at radius 2 is 1.76 bits per heavy atom. The smallest absolute Gasteiger partial charge is 0.296 e. The number of nitrogens with zero attached hydrogens (tertiary/aromatic N) is 4. The number of thiazole rings is 1. The van der Waals surface area contributed by atoms with Crippen molar-refractivity contribution in [2.75, 3.05) is 5.32 Å². The Bertz CT molecular complexity index is 1370. The number of halogens is 1. The number of hydrogen-bond donors (Lipinski definition) is 1. The molecule has 0 radical (unpaired) electrons. The van der Waals surface area contributed by atoms with E-state index in [1.54, 1.807) is 12.1 Å². The van der Waals surface area contributed by atoms with E-state index in [1.165, 1.54) is 42.1 Å². The normalized spacial score (nSPS) is 11.0. The molecule has 1 aromatic carbocycles. The fourth-order valence-corrected chi connectivity index (χ4v) is 3.67. The van der Waals surface area contributed by atoms with Crippen LogP contribution in [0.2, 0.25) is 5.02 Å². The standard InChI is InChI=1S/C19H14ClN5O3S/c1-24-15-12(17(27)25(2)19(24)28)7-8-13(21-15)16(26)23-18-22-14(9-29-18)10-3-5-11(20)6-4-10/h3-9H,1-2H3,(H,22,23,26). The van der Waals surface area contributed by atoms with Crippen molar-refractivity contribution >= 4 is 45.0 Å². The van der Waals surface area contributed by atoms with Crippen molar-refractivity contribution in [3.63, 3.8) is 0 Å². The fourth-order valence-electron chi connectivity index (χ4n) is 2.83. The number of pyridine rings is 1. The topological polar surface area (TPSA) is 98.9 Å². The van der Waals surface area contributed by atoms with E-state index in [0.29, 0.717) is 15.8 Å². The third kappa shape index (κ3) is 3.45. The first kappa shape index (κ1) is 19.0. The van der Waals surface area contributed by atoms with Gasteiger partial charge in [-0.2, -0.15) is 0 Å². The molecule has 0 spiro atoms. The molecule has 0 aliphatic carbocycles. The zero-order valence-corrected chi connectivity index (χ0v) is 16.9. The van der Waals surface area contributed by atoms with Gasteiger partial charge < -0.3 is 0 Å². The maximum absolute atomic E-state index is 12.6. The lowest BCUT2D eigenvalue weighted by Crippen LogP contribution is -2.37. The summed E-state index contributed by atoms with van der Waals surface area (Å²) in [4.78, 5) is 45.5. The van der Waals surface area contributed by atoms with Crippen molar-refractivity contribution in [1.82, 2.24) is 19.1 Å². The van der Waals surface area contributed by atoms with E-state index in [-0.39, 0.29) is 16.7 Å². The van der Waals surface area contributed by atoms with Crippen LogP contribution >= 0.6 is 22.9 Å². The van der Waals surface area contributed by atoms with Crippen LogP contribution in [0, 0.1) is 0 Å². The number of nitrogens with one attached hydrogen (secondary N) is 1. The van der Waals surface area contributed by atoms with Crippen LogP contribution in [0.15, 0.2) is 51.4 Å². The molecule has 1 N–H and O–H groups in total. The Morgan fingerprint density at radius 1 is 1.03 bits per heavy atom. The third-order valence-corrected chi connectivity index (χ3v) is 5.41. The largest absolute Gasteiger partial charge is 0.332 e. The van der Waals surface area contributed by atoms with Gasteiger partial charge in [-0.3, -0.25) is 24.0 Å². The zero-order valence-electron chi connectivity index (χ0n) is 15.3. The maximum Gasteiger partial charge on any atom is 0.332 e. The molecule has 3 aromatic heterocycles. The minimum atomic E-state index is -0.514. The van der Waals surface area contributed by atoms with Gasteiger partial charge in [-0.15, -0.1) is 11.3 Å². The van der Waals surface area contributed by atoms with E-state index < -0.39 is 17.2 Å². The number of rotatable bonds is 3. The van der Waals surface area contributed by atoms with Crippen molar-refractivity contribution in [1.29, 1.82) is 0 Å². The quantitative estimate of drug-likeness (QED) is 0.542. The Balaban J connectivity index is 1.64. The molecule has 4 aromatic rings. The summed E-state index contributed by atoms with van der Waals surface area (Å²) in [6.07, 6.45) is 0. The van der Waals surface area contributed by atoms with E-state index >= 15 is 0 Å². The highest BCUT2D eigenvalue weighted by Crippen LogP contribution is 2.26. The van der Waals surface area contributed by atoms with Crippen LogP contribution in [0.4, 0.5) is 5.13 Å². The third-order valence-electron chi connectivity index (χ3n) is 4.40. The monoisotopic (exact) mass is 427 g/mol. The summed E-state index contributed by atoms with van der Waals surface area (Å²) in [6, 6.07) is 10.1. The molecule has 0 unspecified atom stereocenters. The molecule has 4 rings (SSSR count). The van der Waals surface area contributed by atoms with Crippen molar-refractivity contribution in [2.24, 2.45) is 14.1 Å². The SMILES string of the molecule is Cn1c(=O)c2ccc(C(=O)Nc3nc(-c4ccc(Cl)cc4)cs3)nc2n(C)c1=O. The van der Waals surface area contributed by atoms with Crippen molar-refractivity contribution in [3.05, 3.63) is 73.3 Å². The molecule has 0 atom stereocenters. The number of anilines is 1. The number of hydrogen-bond acceptors (Lipinski definition) is 6. The van der Waals surface area contributed by atoms with Crippen molar-refractivity contribution in [2.45, 2.75) is 0 Å². The molecule has 0 saturated carbocycles. The number of amides is 1. The van der Waals surface area contributed by atoms with Crippen molar-refractivity contribution in [3.8, 4) is 11.3 Å². The van der Waals surface area contributed by atoms with E-state index in [4.69, 9.17) is 11.6 Å². The maximum atomic E-state index is 12.6. The molecule has 8 nitrogen and oxygen atoms in total. The zero-order chi connectivity index (χ0) is 20.7. The van der Waals surface area contributed by atoms with Gasteiger partial charge in [-0.25, -0.2) is 14.8 Å². The molecule has 146 valence electrons. The van der Waals surface area contributed by atoms with E-state index in [2.05, 4.69) is 15.3 Å². The fraction of sp³-hybridized carbons (Fsp3) is 0.105. The van der Waals surface area contributed by atoms with Gasteiger partial charge in [0.2, 0.25) is 0 Å². The second-order valence-electron chi connectivity index (χ2n) is 6.27. The lowest BCUT2D eigenvalue weighted by molar-refractivity contribution is 0.102. The number of aromatic nitrogens is 4. The minimum Gasteiger partial charge on any atom is -0.296 e. The summed E-state index contributed by atoms with van der Waals surface area (Å²) < 4.78 is 2.23. The van der Waals surface area contributed by atoms with E-state index in [0.717, 1.165) is 10.1 Å². The van der Waals surface area contributed by atoms with Gasteiger partial charge in [0.1, 0.15) is 11.3 Å². The second kappa shape index (κ2) is 7.26. The van der Waals surface area contributed by atoms with Gasteiger partial charge in [0, 0.05) is 30.1 Å². The summed E-state index contributed by atoms with van der Waals surface area (Å²) in [5.41, 5.74) is 0.825. The van der Waals surface area contributed by atoms with Crippen LogP contribution in [0.5, 0.6) is 0 Å². The first-order valence-corrected chi connectivity index (χ1v) is 9.70. The number of benzene rings is 1. The number of aryl methyl sites for hydroxylation is 1. The molecule has 0 saturated heterocycles. The molecule has 0 aliphatic heterocycles. The number of carbonyl (C=O) groups is 1. The van der Waals surface area contributed by atoms with Gasteiger partial charge in [-0.1, -0.05) is 23.7 Å². The Hall–Kier alpha value is -3.30. The van der Waals surface area contributed by atoms with Gasteiger partial charge in [0.15, 0.2) is 5.13 Å². The average Bonchev–Trinajstić information content (AvgIpc) is 3.19. The summed E-state index contributed by atoms with van der Waals surface area (Å²) >= 11 is 7.17. The molecular weight excluding hydrogens is 414 g/mol. The first-order chi connectivity index (χ1) is 13.8. The highest BCUT2D eigenvalue weighted by Gasteiger charge is 2.15. The van der Waals surface area contributed by atoms with Crippen LogP contribution in [-0.2, 0) is 14.1 Å². The Kier molecular flexibility index (Phi) is 4.77. The van der Waals surface area contributed by atoms with Gasteiger partial charge in [0.05, 0.1) is 11.1 Å². The van der Waals surface area contributed by atoms with E-state index in [9.17, 15) is 14.4 Å². The summed E-state index contributed by atoms with van der Waals surface area (Å²) in [5, 5.41) is 5.80. The molecule has 10 heteroatoms. The molecule has 1 amide bonds. The Morgan fingerprint density at radius 3 is 2.48 bits per heavy atom. The van der Waals surface area contributed by atoms with Crippen LogP contribution in [-0.4, -0.2) is 25.0 Å². The highest BCUT2D eigenvalue weighted by atomic mass is 35.5. The average molecular weight is 428 g/mol. The van der Waals surface area contributed by atoms with Crippen LogP contribution < -0.4 is 16.6 Å². The molecular formula is C19H14ClN5O3S. The molecule has 0 aliphatic rings. The molecule has 29 heavy (non-hydrogen) atoms. The first-order valence-electron chi connectivity index (χ1n) is 8.45.